The molecule has 1 aromatic carbocycles. The van der Waals surface area contributed by atoms with E-state index in [1.54, 1.807) is 0 Å². The number of halogens is 1. The van der Waals surface area contributed by atoms with Gasteiger partial charge in [0.05, 0.1) is 0 Å². The van der Waals surface area contributed by atoms with E-state index in [1.807, 2.05) is 13.0 Å². The number of rotatable bonds is 3. The quantitative estimate of drug-likeness (QED) is 0.822. The monoisotopic (exact) mass is 286 g/mol. The first-order valence-electron chi connectivity index (χ1n) is 8.06. The molecule has 112 valence electrons. The number of aromatic nitrogens is 1. The summed E-state index contributed by atoms with van der Waals surface area (Å²) in [7, 11) is 0. The van der Waals surface area contributed by atoms with Gasteiger partial charge >= 0.3 is 0 Å². The Kier molecular flexibility index (Phi) is 4.09. The van der Waals surface area contributed by atoms with E-state index in [1.165, 1.54) is 24.5 Å². The van der Waals surface area contributed by atoms with Gasteiger partial charge < -0.3 is 5.32 Å². The van der Waals surface area contributed by atoms with Crippen molar-refractivity contribution in [2.45, 2.75) is 52.4 Å². The summed E-state index contributed by atoms with van der Waals surface area (Å²) < 4.78 is 14.2. The highest BCUT2D eigenvalue weighted by Crippen LogP contribution is 2.35. The van der Waals surface area contributed by atoms with Crippen LogP contribution in [0.1, 0.15) is 49.4 Å². The first-order chi connectivity index (χ1) is 10.2. The molecule has 0 spiro atoms. The third-order valence-corrected chi connectivity index (χ3v) is 4.38. The Morgan fingerprint density at radius 2 is 2.00 bits per heavy atom. The number of anilines is 1. The number of benzene rings is 1. The largest absolute Gasteiger partial charge is 0.384 e. The maximum absolute atomic E-state index is 14.2. The fourth-order valence-electron chi connectivity index (χ4n) is 3.28. The lowest BCUT2D eigenvalue weighted by Gasteiger charge is -2.18. The number of aryl methyl sites for hydroxylation is 2. The summed E-state index contributed by atoms with van der Waals surface area (Å²) in [5, 5.41) is 4.53. The standard InChI is InChI=1S/C18H23FN2/c1-3-11-20-17-13-7-5-4-6-8-15(13)21-18-14(19)10-9-12(2)16(17)18/h9-10H,3-8,11H2,1-2H3,(H,20,21). The van der Waals surface area contributed by atoms with Crippen molar-refractivity contribution in [1.82, 2.24) is 4.98 Å². The first kappa shape index (κ1) is 14.3. The number of nitrogens with zero attached hydrogens (tertiary/aromatic N) is 1. The maximum atomic E-state index is 14.2. The Balaban J connectivity index is 2.29. The highest BCUT2D eigenvalue weighted by atomic mass is 19.1. The van der Waals surface area contributed by atoms with Crippen LogP contribution in [0, 0.1) is 12.7 Å². The van der Waals surface area contributed by atoms with Crippen molar-refractivity contribution in [2.75, 3.05) is 11.9 Å². The zero-order valence-electron chi connectivity index (χ0n) is 12.9. The third kappa shape index (κ3) is 2.61. The highest BCUT2D eigenvalue weighted by Gasteiger charge is 2.19. The Hall–Kier alpha value is -1.64. The Morgan fingerprint density at radius 1 is 1.19 bits per heavy atom. The molecular formula is C18H23FN2. The molecule has 1 aliphatic rings. The molecule has 0 radical (unpaired) electrons. The van der Waals surface area contributed by atoms with Crippen LogP contribution in [0.25, 0.3) is 10.9 Å². The maximum Gasteiger partial charge on any atom is 0.149 e. The van der Waals surface area contributed by atoms with Crippen LogP contribution in [0.5, 0.6) is 0 Å². The van der Waals surface area contributed by atoms with Gasteiger partial charge in [0.25, 0.3) is 0 Å². The van der Waals surface area contributed by atoms with Crippen molar-refractivity contribution in [3.05, 3.63) is 34.8 Å². The van der Waals surface area contributed by atoms with Crippen molar-refractivity contribution < 1.29 is 4.39 Å². The fraction of sp³-hybridized carbons (Fsp3) is 0.500. The van der Waals surface area contributed by atoms with Crippen LogP contribution in [-0.2, 0) is 12.8 Å². The van der Waals surface area contributed by atoms with Crippen LogP contribution >= 0.6 is 0 Å². The molecular weight excluding hydrogens is 263 g/mol. The molecule has 0 fully saturated rings. The summed E-state index contributed by atoms with van der Waals surface area (Å²) in [5.41, 5.74) is 5.19. The molecule has 0 saturated heterocycles. The lowest BCUT2D eigenvalue weighted by Crippen LogP contribution is -2.09. The van der Waals surface area contributed by atoms with Crippen LogP contribution in [0.3, 0.4) is 0 Å². The van der Waals surface area contributed by atoms with Gasteiger partial charge in [-0.05, 0) is 56.2 Å². The summed E-state index contributed by atoms with van der Waals surface area (Å²) in [4.78, 5) is 4.69. The predicted molar refractivity (Wildman–Crippen MR) is 86.5 cm³/mol. The Morgan fingerprint density at radius 3 is 2.81 bits per heavy atom. The Bertz CT molecular complexity index is 664. The van der Waals surface area contributed by atoms with Crippen molar-refractivity contribution in [3.63, 3.8) is 0 Å². The molecule has 0 amide bonds. The van der Waals surface area contributed by atoms with Crippen molar-refractivity contribution in [2.24, 2.45) is 0 Å². The van der Waals surface area contributed by atoms with Crippen LogP contribution in [0.15, 0.2) is 12.1 Å². The van der Waals surface area contributed by atoms with Gasteiger partial charge in [0, 0.05) is 23.3 Å². The molecule has 1 N–H and O–H groups in total. The second-order valence-corrected chi connectivity index (χ2v) is 5.99. The molecule has 2 nitrogen and oxygen atoms in total. The summed E-state index contributed by atoms with van der Waals surface area (Å²) in [6.07, 6.45) is 6.69. The summed E-state index contributed by atoms with van der Waals surface area (Å²) in [5.74, 6) is -0.206. The molecule has 0 unspecified atom stereocenters. The van der Waals surface area contributed by atoms with E-state index in [0.29, 0.717) is 5.52 Å². The summed E-state index contributed by atoms with van der Waals surface area (Å²) in [6.45, 7) is 5.12. The highest BCUT2D eigenvalue weighted by molar-refractivity contribution is 5.96. The van der Waals surface area contributed by atoms with Gasteiger partial charge in [0.2, 0.25) is 0 Å². The molecule has 2 aromatic rings. The second kappa shape index (κ2) is 6.00. The van der Waals surface area contributed by atoms with E-state index in [4.69, 9.17) is 0 Å². The molecule has 0 atom stereocenters. The van der Waals surface area contributed by atoms with E-state index in [0.717, 1.165) is 54.6 Å². The lowest BCUT2D eigenvalue weighted by atomic mass is 9.98. The fourth-order valence-corrected chi connectivity index (χ4v) is 3.28. The van der Waals surface area contributed by atoms with Crippen LogP contribution in [-0.4, -0.2) is 11.5 Å². The van der Waals surface area contributed by atoms with Gasteiger partial charge in [-0.2, -0.15) is 0 Å². The SMILES string of the molecule is CCCNc1c2c(nc3c(F)ccc(C)c13)CCCCC2. The minimum atomic E-state index is -0.206. The van der Waals surface area contributed by atoms with Gasteiger partial charge in [-0.1, -0.05) is 19.4 Å². The number of hydrogen-bond donors (Lipinski definition) is 1. The van der Waals surface area contributed by atoms with Crippen molar-refractivity contribution in [3.8, 4) is 0 Å². The molecule has 1 aliphatic carbocycles. The van der Waals surface area contributed by atoms with Crippen LogP contribution < -0.4 is 5.32 Å². The second-order valence-electron chi connectivity index (χ2n) is 5.99. The molecule has 3 rings (SSSR count). The number of nitrogens with one attached hydrogen (secondary N) is 1. The van der Waals surface area contributed by atoms with Gasteiger partial charge in [0.1, 0.15) is 11.3 Å². The molecule has 3 heteroatoms. The number of fused-ring (bicyclic) bond motifs is 2. The minimum absolute atomic E-state index is 0.206. The number of pyridine rings is 1. The van der Waals surface area contributed by atoms with Crippen molar-refractivity contribution >= 4 is 16.6 Å². The minimum Gasteiger partial charge on any atom is -0.384 e. The van der Waals surface area contributed by atoms with E-state index in [2.05, 4.69) is 17.2 Å². The normalized spacial score (nSPS) is 14.8. The van der Waals surface area contributed by atoms with Crippen molar-refractivity contribution in [1.29, 1.82) is 0 Å². The average molecular weight is 286 g/mol. The first-order valence-corrected chi connectivity index (χ1v) is 8.06. The molecule has 21 heavy (non-hydrogen) atoms. The van der Waals surface area contributed by atoms with Crippen LogP contribution in [0.4, 0.5) is 10.1 Å². The Labute approximate surface area is 125 Å². The van der Waals surface area contributed by atoms with Gasteiger partial charge in [-0.25, -0.2) is 9.37 Å². The topological polar surface area (TPSA) is 24.9 Å². The number of hydrogen-bond acceptors (Lipinski definition) is 2. The van der Waals surface area contributed by atoms with E-state index in [-0.39, 0.29) is 5.82 Å². The lowest BCUT2D eigenvalue weighted by molar-refractivity contribution is 0.635. The van der Waals surface area contributed by atoms with Gasteiger partial charge in [0.15, 0.2) is 0 Å². The molecule has 0 bridgehead atoms. The van der Waals surface area contributed by atoms with E-state index in [9.17, 15) is 4.39 Å². The molecule has 0 saturated carbocycles. The summed E-state index contributed by atoms with van der Waals surface area (Å²) >= 11 is 0. The predicted octanol–water partition coefficient (Wildman–Crippen LogP) is 4.77. The molecule has 1 aromatic heterocycles. The third-order valence-electron chi connectivity index (χ3n) is 4.38. The van der Waals surface area contributed by atoms with Gasteiger partial charge in [-0.15, -0.1) is 0 Å². The smallest absolute Gasteiger partial charge is 0.149 e. The summed E-state index contributed by atoms with van der Waals surface area (Å²) in [6, 6.07) is 3.40. The average Bonchev–Trinajstić information content (AvgIpc) is 2.73. The zero-order valence-corrected chi connectivity index (χ0v) is 12.9. The van der Waals surface area contributed by atoms with Crippen LogP contribution in [0.2, 0.25) is 0 Å². The zero-order chi connectivity index (χ0) is 14.8. The molecule has 0 aliphatic heterocycles. The van der Waals surface area contributed by atoms with E-state index < -0.39 is 0 Å². The van der Waals surface area contributed by atoms with Gasteiger partial charge in [-0.3, -0.25) is 0 Å². The molecule has 1 heterocycles. The van der Waals surface area contributed by atoms with E-state index >= 15 is 0 Å².